The van der Waals surface area contributed by atoms with Gasteiger partial charge in [0.2, 0.25) is 15.9 Å². The van der Waals surface area contributed by atoms with Gasteiger partial charge in [-0.25, -0.2) is 8.42 Å². The number of nitrogens with zero attached hydrogens (tertiary/aromatic N) is 1. The minimum absolute atomic E-state index is 0.0854. The standard InChI is InChI=1S/C11H14BrN3O3S/c12-9-3-2-8(13)6-10(9)19(17,18)15-5-1-4-14-11(16)7-15/h2-3,6H,1,4-5,7,13H2,(H,14,16). The van der Waals surface area contributed by atoms with Crippen molar-refractivity contribution < 1.29 is 13.2 Å². The van der Waals surface area contributed by atoms with Crippen molar-refractivity contribution in [2.24, 2.45) is 0 Å². The van der Waals surface area contributed by atoms with Crippen LogP contribution in [-0.4, -0.2) is 38.3 Å². The Morgan fingerprint density at radius 2 is 2.11 bits per heavy atom. The Hall–Kier alpha value is -1.12. The molecule has 8 heteroatoms. The molecule has 1 aliphatic rings. The van der Waals surface area contributed by atoms with Gasteiger partial charge in [0.1, 0.15) is 0 Å². The van der Waals surface area contributed by atoms with Crippen molar-refractivity contribution in [1.82, 2.24) is 9.62 Å². The van der Waals surface area contributed by atoms with Gasteiger partial charge >= 0.3 is 0 Å². The molecule has 1 heterocycles. The fourth-order valence-corrected chi connectivity index (χ4v) is 4.23. The molecule has 0 aromatic heterocycles. The molecule has 1 aliphatic heterocycles. The van der Waals surface area contributed by atoms with E-state index in [1.165, 1.54) is 10.4 Å². The number of carbonyl (C=O) groups is 1. The number of benzene rings is 1. The van der Waals surface area contributed by atoms with E-state index < -0.39 is 10.0 Å². The van der Waals surface area contributed by atoms with E-state index in [0.717, 1.165) is 0 Å². The number of carbonyl (C=O) groups excluding carboxylic acids is 1. The lowest BCUT2D eigenvalue weighted by atomic mass is 10.3. The summed E-state index contributed by atoms with van der Waals surface area (Å²) in [6.07, 6.45) is 0.588. The lowest BCUT2D eigenvalue weighted by molar-refractivity contribution is -0.120. The molecule has 3 N–H and O–H groups in total. The Bertz CT molecular complexity index is 603. The molecule has 1 aromatic rings. The highest BCUT2D eigenvalue weighted by Crippen LogP contribution is 2.27. The zero-order valence-electron chi connectivity index (χ0n) is 10.1. The molecule has 1 amide bonds. The Labute approximate surface area is 120 Å². The highest BCUT2D eigenvalue weighted by Gasteiger charge is 2.29. The van der Waals surface area contributed by atoms with Crippen molar-refractivity contribution in [3.8, 4) is 0 Å². The fraction of sp³-hybridized carbons (Fsp3) is 0.364. The molecule has 0 unspecified atom stereocenters. The molecule has 0 spiro atoms. The van der Waals surface area contributed by atoms with Crippen molar-refractivity contribution in [3.63, 3.8) is 0 Å². The first kappa shape index (κ1) is 14.3. The number of sulfonamides is 1. The predicted molar refractivity (Wildman–Crippen MR) is 74.9 cm³/mol. The van der Waals surface area contributed by atoms with Crippen LogP contribution in [0.3, 0.4) is 0 Å². The van der Waals surface area contributed by atoms with Gasteiger partial charge in [-0.3, -0.25) is 4.79 Å². The van der Waals surface area contributed by atoms with Gasteiger partial charge in [-0.2, -0.15) is 4.31 Å². The molecule has 19 heavy (non-hydrogen) atoms. The number of hydrogen-bond donors (Lipinski definition) is 2. The van der Waals surface area contributed by atoms with Gasteiger partial charge in [-0.15, -0.1) is 0 Å². The molecule has 1 aromatic carbocycles. The van der Waals surface area contributed by atoms with Gasteiger partial charge in [0, 0.05) is 23.2 Å². The van der Waals surface area contributed by atoms with Crippen LogP contribution in [0.2, 0.25) is 0 Å². The maximum absolute atomic E-state index is 12.5. The molecular formula is C11H14BrN3O3S. The topological polar surface area (TPSA) is 92.5 Å². The summed E-state index contributed by atoms with van der Waals surface area (Å²) in [4.78, 5) is 11.6. The van der Waals surface area contributed by atoms with Crippen LogP contribution in [0.25, 0.3) is 0 Å². The zero-order valence-corrected chi connectivity index (χ0v) is 12.5. The summed E-state index contributed by atoms with van der Waals surface area (Å²) in [6, 6.07) is 4.58. The van der Waals surface area contributed by atoms with E-state index in [1.54, 1.807) is 12.1 Å². The van der Waals surface area contributed by atoms with Gasteiger partial charge < -0.3 is 11.1 Å². The second-order valence-electron chi connectivity index (χ2n) is 4.23. The van der Waals surface area contributed by atoms with Gasteiger partial charge in [-0.05, 0) is 40.5 Å². The van der Waals surface area contributed by atoms with Gasteiger partial charge in [0.05, 0.1) is 11.4 Å². The first-order valence-corrected chi connectivity index (χ1v) is 7.96. The number of anilines is 1. The van der Waals surface area contributed by atoms with Crippen molar-refractivity contribution in [2.75, 3.05) is 25.4 Å². The number of hydrogen-bond acceptors (Lipinski definition) is 4. The number of halogens is 1. The normalized spacial score (nSPS) is 17.8. The lowest BCUT2D eigenvalue weighted by Gasteiger charge is -2.19. The van der Waals surface area contributed by atoms with E-state index in [4.69, 9.17) is 5.73 Å². The van der Waals surface area contributed by atoms with Crippen LogP contribution < -0.4 is 11.1 Å². The maximum atomic E-state index is 12.5. The van der Waals surface area contributed by atoms with Crippen molar-refractivity contribution in [1.29, 1.82) is 0 Å². The van der Waals surface area contributed by atoms with E-state index in [9.17, 15) is 13.2 Å². The average molecular weight is 348 g/mol. The first-order valence-electron chi connectivity index (χ1n) is 5.73. The molecular weight excluding hydrogens is 334 g/mol. The number of nitrogen functional groups attached to an aromatic ring is 1. The Morgan fingerprint density at radius 3 is 2.84 bits per heavy atom. The van der Waals surface area contributed by atoms with E-state index in [2.05, 4.69) is 21.2 Å². The highest BCUT2D eigenvalue weighted by molar-refractivity contribution is 9.10. The molecule has 1 fully saturated rings. The number of amides is 1. The monoisotopic (exact) mass is 347 g/mol. The third-order valence-electron chi connectivity index (χ3n) is 2.80. The second-order valence-corrected chi connectivity index (χ2v) is 6.99. The summed E-state index contributed by atoms with van der Waals surface area (Å²) in [5.74, 6) is -0.291. The van der Waals surface area contributed by atoms with Gasteiger partial charge in [-0.1, -0.05) is 0 Å². The Kier molecular flexibility index (Phi) is 4.12. The number of nitrogens with one attached hydrogen (secondary N) is 1. The Morgan fingerprint density at radius 1 is 1.37 bits per heavy atom. The number of nitrogens with two attached hydrogens (primary N) is 1. The van der Waals surface area contributed by atoms with Crippen molar-refractivity contribution >= 4 is 37.5 Å². The highest BCUT2D eigenvalue weighted by atomic mass is 79.9. The third-order valence-corrected chi connectivity index (χ3v) is 5.64. The predicted octanol–water partition coefficient (Wildman–Crippen LogP) is 0.542. The molecule has 0 radical (unpaired) electrons. The average Bonchev–Trinajstić information content (AvgIpc) is 2.57. The van der Waals surface area contributed by atoms with Crippen molar-refractivity contribution in [2.45, 2.75) is 11.3 Å². The van der Waals surface area contributed by atoms with E-state index >= 15 is 0 Å². The summed E-state index contributed by atoms with van der Waals surface area (Å²) < 4.78 is 26.6. The smallest absolute Gasteiger partial charge is 0.244 e. The molecule has 0 bridgehead atoms. The maximum Gasteiger partial charge on any atom is 0.244 e. The SMILES string of the molecule is Nc1ccc(Br)c(S(=O)(=O)N2CCCNC(=O)C2)c1. The second kappa shape index (κ2) is 5.48. The summed E-state index contributed by atoms with van der Waals surface area (Å²) in [5.41, 5.74) is 5.99. The Balaban J connectivity index is 2.40. The molecule has 0 saturated carbocycles. The van der Waals surface area contributed by atoms with Crippen LogP contribution in [0, 0.1) is 0 Å². The van der Waals surface area contributed by atoms with Gasteiger partial charge in [0.25, 0.3) is 0 Å². The lowest BCUT2D eigenvalue weighted by Crippen LogP contribution is -2.37. The molecule has 2 rings (SSSR count). The molecule has 6 nitrogen and oxygen atoms in total. The molecule has 104 valence electrons. The quantitative estimate of drug-likeness (QED) is 0.763. The van der Waals surface area contributed by atoms with Crippen LogP contribution >= 0.6 is 15.9 Å². The molecule has 0 aliphatic carbocycles. The van der Waals surface area contributed by atoms with Crippen LogP contribution in [0.4, 0.5) is 5.69 Å². The van der Waals surface area contributed by atoms with Crippen LogP contribution in [0.5, 0.6) is 0 Å². The van der Waals surface area contributed by atoms with E-state index in [-0.39, 0.29) is 17.3 Å². The largest absolute Gasteiger partial charge is 0.399 e. The summed E-state index contributed by atoms with van der Waals surface area (Å²) >= 11 is 3.21. The summed E-state index contributed by atoms with van der Waals surface area (Å²) in [7, 11) is -3.73. The zero-order chi connectivity index (χ0) is 14.0. The molecule has 0 atom stereocenters. The van der Waals surface area contributed by atoms with E-state index in [1.807, 2.05) is 0 Å². The first-order chi connectivity index (χ1) is 8.91. The van der Waals surface area contributed by atoms with Crippen molar-refractivity contribution in [3.05, 3.63) is 22.7 Å². The minimum Gasteiger partial charge on any atom is -0.399 e. The molecule has 1 saturated heterocycles. The number of rotatable bonds is 2. The fourth-order valence-electron chi connectivity index (χ4n) is 1.84. The minimum atomic E-state index is -3.73. The van der Waals surface area contributed by atoms with Crippen LogP contribution in [0.15, 0.2) is 27.6 Å². The van der Waals surface area contributed by atoms with Crippen LogP contribution in [0.1, 0.15) is 6.42 Å². The summed E-state index contributed by atoms with van der Waals surface area (Å²) in [5, 5.41) is 2.64. The van der Waals surface area contributed by atoms with Gasteiger partial charge in [0.15, 0.2) is 0 Å². The van der Waals surface area contributed by atoms with E-state index in [0.29, 0.717) is 29.7 Å². The van der Waals surface area contributed by atoms with Crippen LogP contribution in [-0.2, 0) is 14.8 Å². The summed E-state index contributed by atoms with van der Waals surface area (Å²) in [6.45, 7) is 0.634. The third kappa shape index (κ3) is 3.07.